The highest BCUT2D eigenvalue weighted by Gasteiger charge is 2.63. The SMILES string of the molecule is CCCC(C)C1CCC2C3CCC4(NC)CCCCC4(C)C3CCC12C. The summed E-state index contributed by atoms with van der Waals surface area (Å²) >= 11 is 0. The van der Waals surface area contributed by atoms with E-state index in [0.29, 0.717) is 16.4 Å². The summed E-state index contributed by atoms with van der Waals surface area (Å²) in [6.45, 7) is 10.4. The summed E-state index contributed by atoms with van der Waals surface area (Å²) in [5, 5.41) is 3.91. The third-order valence-corrected chi connectivity index (χ3v) is 10.8. The molecule has 0 aliphatic heterocycles. The predicted molar refractivity (Wildman–Crippen MR) is 112 cm³/mol. The van der Waals surface area contributed by atoms with Crippen LogP contribution in [-0.4, -0.2) is 12.6 Å². The molecule has 4 saturated carbocycles. The van der Waals surface area contributed by atoms with Crippen molar-refractivity contribution in [3.63, 3.8) is 0 Å². The largest absolute Gasteiger partial charge is 0.314 e. The zero-order valence-corrected chi connectivity index (χ0v) is 18.4. The average Bonchev–Trinajstić information content (AvgIpc) is 2.99. The fourth-order valence-corrected chi connectivity index (χ4v) is 9.46. The minimum Gasteiger partial charge on any atom is -0.314 e. The third-order valence-electron chi connectivity index (χ3n) is 10.8. The van der Waals surface area contributed by atoms with Crippen molar-refractivity contribution in [1.82, 2.24) is 5.32 Å². The van der Waals surface area contributed by atoms with Gasteiger partial charge in [-0.25, -0.2) is 0 Å². The van der Waals surface area contributed by atoms with Gasteiger partial charge >= 0.3 is 0 Å². The molecular weight excluding hydrogens is 314 g/mol. The summed E-state index contributed by atoms with van der Waals surface area (Å²) in [6, 6.07) is 0. The van der Waals surface area contributed by atoms with E-state index in [1.165, 1.54) is 70.6 Å². The van der Waals surface area contributed by atoms with Gasteiger partial charge in [0.25, 0.3) is 0 Å². The number of rotatable bonds is 4. The first-order valence-corrected chi connectivity index (χ1v) is 12.1. The average molecular weight is 360 g/mol. The second-order valence-electron chi connectivity index (χ2n) is 11.4. The molecule has 0 saturated heterocycles. The van der Waals surface area contributed by atoms with Crippen molar-refractivity contribution < 1.29 is 0 Å². The summed E-state index contributed by atoms with van der Waals surface area (Å²) in [7, 11) is 2.27. The van der Waals surface area contributed by atoms with Crippen molar-refractivity contribution in [2.75, 3.05) is 7.05 Å². The van der Waals surface area contributed by atoms with Crippen LogP contribution < -0.4 is 5.32 Å². The lowest BCUT2D eigenvalue weighted by molar-refractivity contribution is -0.134. The van der Waals surface area contributed by atoms with Gasteiger partial charge in [-0.1, -0.05) is 53.4 Å². The lowest BCUT2D eigenvalue weighted by Gasteiger charge is -2.65. The Hall–Kier alpha value is -0.0400. The van der Waals surface area contributed by atoms with E-state index in [4.69, 9.17) is 0 Å². The van der Waals surface area contributed by atoms with Gasteiger partial charge < -0.3 is 5.32 Å². The fourth-order valence-electron chi connectivity index (χ4n) is 9.46. The zero-order valence-electron chi connectivity index (χ0n) is 18.4. The Kier molecular flexibility index (Phi) is 5.03. The molecule has 0 aromatic rings. The van der Waals surface area contributed by atoms with Crippen LogP contribution in [0.3, 0.4) is 0 Å². The van der Waals surface area contributed by atoms with E-state index in [9.17, 15) is 0 Å². The van der Waals surface area contributed by atoms with Gasteiger partial charge in [-0.3, -0.25) is 0 Å². The second-order valence-corrected chi connectivity index (χ2v) is 11.4. The van der Waals surface area contributed by atoms with Crippen molar-refractivity contribution >= 4 is 0 Å². The lowest BCUT2D eigenvalue weighted by Crippen LogP contribution is -2.66. The maximum Gasteiger partial charge on any atom is 0.0234 e. The summed E-state index contributed by atoms with van der Waals surface area (Å²) in [5.41, 5.74) is 1.66. The molecule has 4 aliphatic carbocycles. The van der Waals surface area contributed by atoms with E-state index < -0.39 is 0 Å². The Morgan fingerprint density at radius 1 is 0.923 bits per heavy atom. The number of hydrogen-bond acceptors (Lipinski definition) is 1. The fraction of sp³-hybridized carbons (Fsp3) is 1.00. The van der Waals surface area contributed by atoms with E-state index in [1.807, 2.05) is 0 Å². The van der Waals surface area contributed by atoms with Gasteiger partial charge in [0.2, 0.25) is 0 Å². The molecule has 0 amide bonds. The van der Waals surface area contributed by atoms with E-state index in [-0.39, 0.29) is 0 Å². The molecule has 1 N–H and O–H groups in total. The van der Waals surface area contributed by atoms with Crippen LogP contribution in [0.2, 0.25) is 0 Å². The summed E-state index contributed by atoms with van der Waals surface area (Å²) in [6.07, 6.45) is 17.7. The monoisotopic (exact) mass is 359 g/mol. The number of hydrogen-bond donors (Lipinski definition) is 1. The molecule has 0 radical (unpaired) electrons. The standard InChI is InChI=1S/C25H45N/c1-6-9-18(2)20-10-11-21-19-12-17-25(26-5)15-8-7-14-24(25,4)22(19)13-16-23(20,21)3/h18-22,26H,6-17H2,1-5H3. The molecule has 0 heterocycles. The minimum absolute atomic E-state index is 0.452. The first kappa shape index (κ1) is 19.3. The highest BCUT2D eigenvalue weighted by molar-refractivity contribution is 5.15. The van der Waals surface area contributed by atoms with Crippen LogP contribution >= 0.6 is 0 Å². The van der Waals surface area contributed by atoms with Gasteiger partial charge in [-0.2, -0.15) is 0 Å². The van der Waals surface area contributed by atoms with E-state index in [2.05, 4.69) is 40.1 Å². The van der Waals surface area contributed by atoms with Gasteiger partial charge in [-0.15, -0.1) is 0 Å². The first-order chi connectivity index (χ1) is 12.4. The molecule has 26 heavy (non-hydrogen) atoms. The highest BCUT2D eigenvalue weighted by atomic mass is 15.0. The highest BCUT2D eigenvalue weighted by Crippen LogP contribution is 2.69. The topological polar surface area (TPSA) is 12.0 Å². The van der Waals surface area contributed by atoms with Crippen LogP contribution in [0.1, 0.15) is 105 Å². The predicted octanol–water partition coefficient (Wildman–Crippen LogP) is 6.81. The molecule has 0 aromatic heterocycles. The Bertz CT molecular complexity index is 514. The molecule has 4 rings (SSSR count). The maximum absolute atomic E-state index is 3.91. The summed E-state index contributed by atoms with van der Waals surface area (Å²) in [5.74, 6) is 4.99. The van der Waals surface area contributed by atoms with Crippen LogP contribution in [0.5, 0.6) is 0 Å². The molecule has 4 fully saturated rings. The Morgan fingerprint density at radius 3 is 2.42 bits per heavy atom. The number of fused-ring (bicyclic) bond motifs is 5. The van der Waals surface area contributed by atoms with Gasteiger partial charge in [0.1, 0.15) is 0 Å². The molecule has 1 heteroatoms. The van der Waals surface area contributed by atoms with Gasteiger partial charge in [0, 0.05) is 5.54 Å². The van der Waals surface area contributed by atoms with Crippen molar-refractivity contribution in [2.24, 2.45) is 40.4 Å². The van der Waals surface area contributed by atoms with E-state index in [0.717, 1.165) is 29.6 Å². The van der Waals surface area contributed by atoms with Crippen LogP contribution in [0.25, 0.3) is 0 Å². The number of nitrogens with one attached hydrogen (secondary N) is 1. The summed E-state index contributed by atoms with van der Waals surface area (Å²) in [4.78, 5) is 0. The van der Waals surface area contributed by atoms with Crippen LogP contribution in [0.15, 0.2) is 0 Å². The molecule has 8 unspecified atom stereocenters. The zero-order chi connectivity index (χ0) is 18.6. The lowest BCUT2D eigenvalue weighted by atomic mass is 9.42. The molecule has 0 aromatic carbocycles. The smallest absolute Gasteiger partial charge is 0.0234 e. The van der Waals surface area contributed by atoms with Crippen molar-refractivity contribution in [3.8, 4) is 0 Å². The maximum atomic E-state index is 3.91. The van der Waals surface area contributed by atoms with Crippen molar-refractivity contribution in [3.05, 3.63) is 0 Å². The van der Waals surface area contributed by atoms with Gasteiger partial charge in [-0.05, 0) is 98.8 Å². The normalized spacial score (nSPS) is 52.0. The van der Waals surface area contributed by atoms with E-state index >= 15 is 0 Å². The molecule has 4 aliphatic rings. The van der Waals surface area contributed by atoms with Crippen LogP contribution in [-0.2, 0) is 0 Å². The minimum atomic E-state index is 0.452. The molecule has 150 valence electrons. The van der Waals surface area contributed by atoms with Gasteiger partial charge in [0.05, 0.1) is 0 Å². The molecule has 1 nitrogen and oxygen atoms in total. The second kappa shape index (κ2) is 6.78. The molecule has 0 bridgehead atoms. The quantitative estimate of drug-likeness (QED) is 0.581. The van der Waals surface area contributed by atoms with Crippen molar-refractivity contribution in [1.29, 1.82) is 0 Å². The third kappa shape index (κ3) is 2.51. The molecular formula is C25H45N. The van der Waals surface area contributed by atoms with E-state index in [1.54, 1.807) is 6.42 Å². The Labute approximate surface area is 163 Å². The Balaban J connectivity index is 1.61. The first-order valence-electron chi connectivity index (χ1n) is 12.1. The van der Waals surface area contributed by atoms with Crippen LogP contribution in [0, 0.1) is 40.4 Å². The van der Waals surface area contributed by atoms with Crippen molar-refractivity contribution in [2.45, 2.75) is 110 Å². The Morgan fingerprint density at radius 2 is 1.69 bits per heavy atom. The van der Waals surface area contributed by atoms with Gasteiger partial charge in [0.15, 0.2) is 0 Å². The molecule has 0 spiro atoms. The molecule has 8 atom stereocenters. The summed E-state index contributed by atoms with van der Waals surface area (Å²) < 4.78 is 0. The van der Waals surface area contributed by atoms with Crippen LogP contribution in [0.4, 0.5) is 0 Å².